The zero-order valence-electron chi connectivity index (χ0n) is 24.6. The van der Waals surface area contributed by atoms with Crippen LogP contribution in [-0.4, -0.2) is 51.8 Å². The van der Waals surface area contributed by atoms with E-state index < -0.39 is 24.1 Å². The van der Waals surface area contributed by atoms with E-state index in [-0.39, 0.29) is 35.6 Å². The standard InChI is InChI=1S/C34H33F2N5O4/c35-26-14-19(4-7-29(26)45-23-9-12-44-13-10-23)15-30-38-32(40-34(37)39-30)24-2-1-3-28(25(24)18-42)41-11-8-21-16-22(20-5-6-20)17-27(36)31(21)33(41)43/h1-4,7,14,16-17,20,23,42H,5-6,8-13,15,18H2,(H2,37,38,39,40). The molecule has 2 aliphatic heterocycles. The van der Waals surface area contributed by atoms with E-state index in [1.807, 2.05) is 6.07 Å². The first-order valence-corrected chi connectivity index (χ1v) is 15.3. The average molecular weight is 614 g/mol. The molecule has 2 fully saturated rings. The molecule has 3 aromatic carbocycles. The summed E-state index contributed by atoms with van der Waals surface area (Å²) in [6.45, 7) is 1.10. The number of fused-ring (bicyclic) bond motifs is 1. The van der Waals surface area contributed by atoms with Crippen LogP contribution < -0.4 is 15.4 Å². The number of aromatic nitrogens is 3. The Morgan fingerprint density at radius 3 is 2.58 bits per heavy atom. The van der Waals surface area contributed by atoms with Gasteiger partial charge in [-0.3, -0.25) is 4.79 Å². The Balaban J connectivity index is 1.15. The van der Waals surface area contributed by atoms with Crippen molar-refractivity contribution >= 4 is 17.5 Å². The van der Waals surface area contributed by atoms with Gasteiger partial charge in [0.25, 0.3) is 5.91 Å². The third-order valence-corrected chi connectivity index (χ3v) is 8.67. The maximum Gasteiger partial charge on any atom is 0.261 e. The highest BCUT2D eigenvalue weighted by atomic mass is 19.1. The summed E-state index contributed by atoms with van der Waals surface area (Å²) in [4.78, 5) is 28.3. The minimum Gasteiger partial charge on any atom is -0.487 e. The number of nitrogens with zero attached hydrogens (tertiary/aromatic N) is 4. The molecule has 0 unspecified atom stereocenters. The van der Waals surface area contributed by atoms with Crippen LogP contribution in [0.1, 0.15) is 70.0 Å². The number of hydrogen-bond donors (Lipinski definition) is 2. The predicted molar refractivity (Wildman–Crippen MR) is 163 cm³/mol. The fraction of sp³-hybridized carbons (Fsp3) is 0.353. The fourth-order valence-corrected chi connectivity index (χ4v) is 6.22. The van der Waals surface area contributed by atoms with Crippen molar-refractivity contribution in [3.8, 4) is 17.1 Å². The number of carbonyl (C=O) groups is 1. The maximum absolute atomic E-state index is 15.2. The summed E-state index contributed by atoms with van der Waals surface area (Å²) in [6.07, 6.45) is 4.09. The number of amides is 1. The highest BCUT2D eigenvalue weighted by Gasteiger charge is 2.33. The van der Waals surface area contributed by atoms with Gasteiger partial charge >= 0.3 is 0 Å². The van der Waals surface area contributed by atoms with Gasteiger partial charge in [-0.1, -0.05) is 24.3 Å². The van der Waals surface area contributed by atoms with Crippen molar-refractivity contribution in [2.45, 2.75) is 57.2 Å². The van der Waals surface area contributed by atoms with Gasteiger partial charge in [-0.25, -0.2) is 13.8 Å². The molecule has 11 heteroatoms. The molecule has 0 radical (unpaired) electrons. The van der Waals surface area contributed by atoms with Gasteiger partial charge in [0.05, 0.1) is 31.1 Å². The van der Waals surface area contributed by atoms with E-state index in [2.05, 4.69) is 15.0 Å². The highest BCUT2D eigenvalue weighted by molar-refractivity contribution is 6.09. The van der Waals surface area contributed by atoms with Crippen LogP contribution in [0.3, 0.4) is 0 Å². The first kappa shape index (κ1) is 29.2. The van der Waals surface area contributed by atoms with Gasteiger partial charge < -0.3 is 25.2 Å². The van der Waals surface area contributed by atoms with Crippen LogP contribution in [0.25, 0.3) is 11.4 Å². The molecule has 1 amide bonds. The normalized spacial score (nSPS) is 17.0. The molecule has 1 aliphatic carbocycles. The third kappa shape index (κ3) is 5.97. The lowest BCUT2D eigenvalue weighted by Gasteiger charge is -2.31. The number of aliphatic hydroxyl groups is 1. The summed E-state index contributed by atoms with van der Waals surface area (Å²) in [7, 11) is 0. The topological polar surface area (TPSA) is 124 Å². The lowest BCUT2D eigenvalue weighted by molar-refractivity contribution is 0.0240. The molecule has 0 spiro atoms. The first-order chi connectivity index (χ1) is 21.9. The number of ether oxygens (including phenoxy) is 2. The Morgan fingerprint density at radius 1 is 1.00 bits per heavy atom. The van der Waals surface area contributed by atoms with E-state index in [4.69, 9.17) is 15.2 Å². The molecule has 3 N–H and O–H groups in total. The number of aliphatic hydroxyl groups excluding tert-OH is 1. The number of carbonyl (C=O) groups excluding carboxylic acids is 1. The van der Waals surface area contributed by atoms with Crippen LogP contribution in [0.4, 0.5) is 20.4 Å². The Labute approximate surface area is 259 Å². The minimum absolute atomic E-state index is 0.0410. The second kappa shape index (κ2) is 12.1. The molecule has 1 saturated carbocycles. The fourth-order valence-electron chi connectivity index (χ4n) is 6.22. The molecule has 7 rings (SSSR count). The molecule has 4 aromatic rings. The number of hydrogen-bond acceptors (Lipinski definition) is 8. The van der Waals surface area contributed by atoms with Crippen LogP contribution in [0.15, 0.2) is 48.5 Å². The van der Waals surface area contributed by atoms with Crippen LogP contribution in [0, 0.1) is 11.6 Å². The van der Waals surface area contributed by atoms with Crippen molar-refractivity contribution < 1.29 is 28.2 Å². The van der Waals surface area contributed by atoms with Gasteiger partial charge in [0.15, 0.2) is 17.4 Å². The van der Waals surface area contributed by atoms with E-state index in [1.54, 1.807) is 30.3 Å². The van der Waals surface area contributed by atoms with Gasteiger partial charge in [-0.05, 0) is 66.1 Å². The van der Waals surface area contributed by atoms with E-state index in [0.29, 0.717) is 78.7 Å². The molecule has 1 saturated heterocycles. The summed E-state index contributed by atoms with van der Waals surface area (Å²) in [5, 5.41) is 10.5. The molecule has 45 heavy (non-hydrogen) atoms. The Kier molecular flexibility index (Phi) is 7.88. The van der Waals surface area contributed by atoms with Crippen molar-refractivity contribution in [2.75, 3.05) is 30.4 Å². The SMILES string of the molecule is Nc1nc(Cc2ccc(OC3CCOCC3)c(F)c2)nc(-c2cccc(N3CCc4cc(C5CC5)cc(F)c4C3=O)c2CO)n1. The number of benzene rings is 3. The highest BCUT2D eigenvalue weighted by Crippen LogP contribution is 2.42. The summed E-state index contributed by atoms with van der Waals surface area (Å²) < 4.78 is 41.4. The number of rotatable bonds is 8. The first-order valence-electron chi connectivity index (χ1n) is 15.3. The van der Waals surface area contributed by atoms with Crippen LogP contribution in [0.2, 0.25) is 0 Å². The van der Waals surface area contributed by atoms with E-state index in [1.165, 1.54) is 17.0 Å². The van der Waals surface area contributed by atoms with Crippen LogP contribution in [0.5, 0.6) is 5.75 Å². The molecular weight excluding hydrogens is 580 g/mol. The smallest absolute Gasteiger partial charge is 0.261 e. The Bertz CT molecular complexity index is 1770. The second-order valence-electron chi connectivity index (χ2n) is 11.8. The second-order valence-corrected chi connectivity index (χ2v) is 11.8. The van der Waals surface area contributed by atoms with Gasteiger partial charge in [-0.2, -0.15) is 9.97 Å². The number of anilines is 2. The van der Waals surface area contributed by atoms with Gasteiger partial charge in [-0.15, -0.1) is 0 Å². The number of nitrogens with two attached hydrogens (primary N) is 1. The lowest BCUT2D eigenvalue weighted by Crippen LogP contribution is -2.39. The molecule has 9 nitrogen and oxygen atoms in total. The van der Waals surface area contributed by atoms with E-state index in [0.717, 1.165) is 18.4 Å². The summed E-state index contributed by atoms with van der Waals surface area (Å²) >= 11 is 0. The Morgan fingerprint density at radius 2 is 1.82 bits per heavy atom. The summed E-state index contributed by atoms with van der Waals surface area (Å²) in [5.74, 6) is -0.420. The molecule has 1 aromatic heterocycles. The molecule has 0 bridgehead atoms. The van der Waals surface area contributed by atoms with Gasteiger partial charge in [0.2, 0.25) is 5.95 Å². The maximum atomic E-state index is 15.2. The summed E-state index contributed by atoms with van der Waals surface area (Å²) in [6, 6.07) is 13.3. The monoisotopic (exact) mass is 613 g/mol. The van der Waals surface area contributed by atoms with E-state index in [9.17, 15) is 14.3 Å². The van der Waals surface area contributed by atoms with Crippen LogP contribution in [-0.2, 0) is 24.2 Å². The summed E-state index contributed by atoms with van der Waals surface area (Å²) in [5.41, 5.74) is 9.74. The Hall–Kier alpha value is -4.48. The van der Waals surface area contributed by atoms with Crippen molar-refractivity contribution in [1.82, 2.24) is 15.0 Å². The number of halogens is 2. The van der Waals surface area contributed by atoms with Crippen LogP contribution >= 0.6 is 0 Å². The van der Waals surface area contributed by atoms with Gasteiger partial charge in [0, 0.05) is 36.9 Å². The van der Waals surface area contributed by atoms with Crippen molar-refractivity contribution in [3.05, 3.63) is 93.8 Å². The van der Waals surface area contributed by atoms with E-state index >= 15 is 4.39 Å². The van der Waals surface area contributed by atoms with Crippen molar-refractivity contribution in [3.63, 3.8) is 0 Å². The lowest BCUT2D eigenvalue weighted by atomic mass is 9.93. The van der Waals surface area contributed by atoms with Gasteiger partial charge in [0.1, 0.15) is 17.7 Å². The largest absolute Gasteiger partial charge is 0.487 e. The quantitative estimate of drug-likeness (QED) is 0.281. The molecule has 0 atom stereocenters. The number of nitrogen functional groups attached to an aromatic ring is 1. The minimum atomic E-state index is -0.514. The van der Waals surface area contributed by atoms with Crippen molar-refractivity contribution in [2.24, 2.45) is 0 Å². The van der Waals surface area contributed by atoms with Crippen molar-refractivity contribution in [1.29, 1.82) is 0 Å². The average Bonchev–Trinajstić information content (AvgIpc) is 3.88. The molecule has 3 aliphatic rings. The predicted octanol–water partition coefficient (Wildman–Crippen LogP) is 5.12. The third-order valence-electron chi connectivity index (χ3n) is 8.67. The molecule has 232 valence electrons. The molecule has 3 heterocycles. The molecular formula is C34H33F2N5O4. The zero-order valence-corrected chi connectivity index (χ0v) is 24.6. The zero-order chi connectivity index (χ0) is 31.1.